The highest BCUT2D eigenvalue weighted by molar-refractivity contribution is 6.00. The van der Waals surface area contributed by atoms with Crippen molar-refractivity contribution in [1.29, 1.82) is 0 Å². The maximum Gasteiger partial charge on any atom is 0.211 e. The third-order valence-electron chi connectivity index (χ3n) is 5.75. The molecule has 0 saturated heterocycles. The van der Waals surface area contributed by atoms with Gasteiger partial charge in [0.1, 0.15) is 0 Å². The van der Waals surface area contributed by atoms with Gasteiger partial charge in [-0.25, -0.2) is 14.4 Å². The van der Waals surface area contributed by atoms with E-state index in [0.29, 0.717) is 23.3 Å². The minimum absolute atomic E-state index is 0. The Morgan fingerprint density at radius 3 is 2.66 bits per heavy atom. The maximum absolute atomic E-state index is 12.7. The van der Waals surface area contributed by atoms with Gasteiger partial charge in [0.25, 0.3) is 0 Å². The van der Waals surface area contributed by atoms with Gasteiger partial charge in [-0.3, -0.25) is 9.79 Å². The molecule has 29 heavy (non-hydrogen) atoms. The van der Waals surface area contributed by atoms with Crippen LogP contribution in [0.3, 0.4) is 0 Å². The summed E-state index contributed by atoms with van der Waals surface area (Å²) in [6.45, 7) is 1.90. The minimum Gasteiger partial charge on any atom is -0.405 e. The van der Waals surface area contributed by atoms with Crippen LogP contribution in [-0.2, 0) is 4.79 Å². The van der Waals surface area contributed by atoms with Gasteiger partial charge in [0.05, 0.1) is 12.4 Å². The Morgan fingerprint density at radius 1 is 1.38 bits per heavy atom. The molecule has 1 amide bonds. The van der Waals surface area contributed by atoms with Gasteiger partial charge in [0.2, 0.25) is 6.41 Å². The number of benzene rings is 1. The molecule has 0 aliphatic heterocycles. The second-order valence-corrected chi connectivity index (χ2v) is 7.58. The zero-order valence-corrected chi connectivity index (χ0v) is 16.7. The van der Waals surface area contributed by atoms with Crippen molar-refractivity contribution in [1.82, 2.24) is 9.97 Å². The molecule has 0 unspecified atom stereocenters. The quantitative estimate of drug-likeness (QED) is 0.586. The Balaban J connectivity index is 0.000000218. The zero-order chi connectivity index (χ0) is 20.9. The molecule has 0 spiro atoms. The number of fused-ring (bicyclic) bond motifs is 1. The molecule has 3 aliphatic carbocycles. The van der Waals surface area contributed by atoms with Crippen molar-refractivity contribution in [2.45, 2.75) is 32.6 Å². The number of aliphatic imine (C=N–C) groups is 1. The average molecular weight is 397 g/mol. The molecule has 154 valence electrons. The number of rotatable bonds is 5. The predicted octanol–water partition coefficient (Wildman–Crippen LogP) is 4.13. The van der Waals surface area contributed by atoms with Crippen LogP contribution in [0.2, 0.25) is 0 Å². The van der Waals surface area contributed by atoms with Crippen molar-refractivity contribution in [3.8, 4) is 11.4 Å². The van der Waals surface area contributed by atoms with E-state index in [9.17, 15) is 9.18 Å². The molecular weight excluding hydrogens is 369 g/mol. The highest BCUT2D eigenvalue weighted by Gasteiger charge is 2.52. The fourth-order valence-electron chi connectivity index (χ4n) is 4.32. The van der Waals surface area contributed by atoms with Gasteiger partial charge >= 0.3 is 0 Å². The molecule has 1 aromatic carbocycles. The first-order valence-corrected chi connectivity index (χ1v) is 9.65. The molecule has 5 rings (SSSR count). The van der Waals surface area contributed by atoms with E-state index < -0.39 is 5.82 Å². The lowest BCUT2D eigenvalue weighted by Gasteiger charge is -2.38. The topological polar surface area (TPSA) is 93.3 Å². The summed E-state index contributed by atoms with van der Waals surface area (Å²) in [5.41, 5.74) is 9.41. The fraction of sp³-hybridized carbons (Fsp3) is 0.364. The Kier molecular flexibility index (Phi) is 6.36. The number of hydrogen-bond donors (Lipinski definition) is 2. The van der Waals surface area contributed by atoms with E-state index in [1.807, 2.05) is 26.1 Å². The molecule has 6 nitrogen and oxygen atoms in total. The summed E-state index contributed by atoms with van der Waals surface area (Å²) < 4.78 is 12.7. The summed E-state index contributed by atoms with van der Waals surface area (Å²) in [5, 5.41) is 2.55. The van der Waals surface area contributed by atoms with E-state index in [1.54, 1.807) is 18.3 Å². The number of nitrogens with two attached hydrogens (primary N) is 1. The van der Waals surface area contributed by atoms with Gasteiger partial charge in [-0.15, -0.1) is 0 Å². The monoisotopic (exact) mass is 397 g/mol. The lowest BCUT2D eigenvalue weighted by Crippen LogP contribution is -2.35. The standard InChI is InChI=1S/C12H10FN3O.C10H16N2.H2/c1-8-2-3-10(16-7-17)4-11(8)12-14-5-9(13)6-15-12;1-12-9(3-5-11)10-4-2-8(6-10)7-10;/h2-7H,1H3,(H,16,17);3,5,8H,2,4,6-7,11H2,1H3;1H/b;5-3-,12-9?;. The number of allylic oxidation sites excluding steroid dienone is 1. The van der Waals surface area contributed by atoms with E-state index >= 15 is 0 Å². The zero-order valence-electron chi connectivity index (χ0n) is 16.7. The Labute approximate surface area is 171 Å². The van der Waals surface area contributed by atoms with Crippen molar-refractivity contribution in [2.75, 3.05) is 12.4 Å². The highest BCUT2D eigenvalue weighted by Crippen LogP contribution is 2.59. The lowest BCUT2D eigenvalue weighted by atomic mass is 9.66. The average Bonchev–Trinajstić information content (AvgIpc) is 3.31. The van der Waals surface area contributed by atoms with Crippen LogP contribution in [0.25, 0.3) is 11.4 Å². The van der Waals surface area contributed by atoms with Gasteiger partial charge < -0.3 is 11.1 Å². The lowest BCUT2D eigenvalue weighted by molar-refractivity contribution is -0.105. The second-order valence-electron chi connectivity index (χ2n) is 7.58. The number of amides is 1. The summed E-state index contributed by atoms with van der Waals surface area (Å²) in [6.07, 6.45) is 11.8. The Bertz CT molecular complexity index is 918. The SMILES string of the molecule is CN=C(/C=C\N)C12CCC(C1)C2.Cc1ccc(NC=O)cc1-c1ncc(F)cn1.[HH]. The summed E-state index contributed by atoms with van der Waals surface area (Å²) in [7, 11) is 1.87. The number of halogens is 1. The first-order valence-electron chi connectivity index (χ1n) is 9.65. The molecule has 0 atom stereocenters. The highest BCUT2D eigenvalue weighted by atomic mass is 19.1. The molecule has 3 aliphatic rings. The molecule has 1 aromatic heterocycles. The predicted molar refractivity (Wildman–Crippen MR) is 115 cm³/mol. The Hall–Kier alpha value is -3.09. The van der Waals surface area contributed by atoms with E-state index in [-0.39, 0.29) is 1.43 Å². The molecule has 2 aromatic rings. The molecule has 3 N–H and O–H groups in total. The summed E-state index contributed by atoms with van der Waals surface area (Å²) in [5.74, 6) is 0.944. The first-order chi connectivity index (χ1) is 14.0. The smallest absolute Gasteiger partial charge is 0.211 e. The van der Waals surface area contributed by atoms with Crippen LogP contribution < -0.4 is 11.1 Å². The number of anilines is 1. The van der Waals surface area contributed by atoms with Crippen molar-refractivity contribution >= 4 is 17.8 Å². The van der Waals surface area contributed by atoms with Crippen molar-refractivity contribution in [2.24, 2.45) is 22.1 Å². The van der Waals surface area contributed by atoms with Gasteiger partial charge in [-0.1, -0.05) is 6.07 Å². The summed E-state index contributed by atoms with van der Waals surface area (Å²) >= 11 is 0. The van der Waals surface area contributed by atoms with Crippen molar-refractivity contribution in [3.05, 3.63) is 54.2 Å². The van der Waals surface area contributed by atoms with Gasteiger partial charge in [0.15, 0.2) is 11.6 Å². The van der Waals surface area contributed by atoms with Gasteiger partial charge in [-0.05, 0) is 68.5 Å². The molecular formula is C22H28FN5O. The number of nitrogens with one attached hydrogen (secondary N) is 1. The van der Waals surface area contributed by atoms with Crippen LogP contribution in [0.5, 0.6) is 0 Å². The van der Waals surface area contributed by atoms with E-state index in [1.165, 1.54) is 31.4 Å². The third-order valence-corrected chi connectivity index (χ3v) is 5.75. The van der Waals surface area contributed by atoms with E-state index in [2.05, 4.69) is 20.3 Å². The number of aromatic nitrogens is 2. The van der Waals surface area contributed by atoms with Crippen LogP contribution in [0.15, 0.2) is 47.9 Å². The third kappa shape index (κ3) is 4.50. The number of carbonyl (C=O) groups is 1. The maximum atomic E-state index is 12.7. The van der Waals surface area contributed by atoms with Gasteiger partial charge in [0, 0.05) is 30.9 Å². The summed E-state index contributed by atoms with van der Waals surface area (Å²) in [4.78, 5) is 22.5. The summed E-state index contributed by atoms with van der Waals surface area (Å²) in [6, 6.07) is 5.36. The molecule has 3 saturated carbocycles. The number of carbonyl (C=O) groups excluding carboxylic acids is 1. The molecule has 1 heterocycles. The number of hydrogen-bond acceptors (Lipinski definition) is 5. The molecule has 2 bridgehead atoms. The van der Waals surface area contributed by atoms with Crippen LogP contribution in [0, 0.1) is 24.1 Å². The Morgan fingerprint density at radius 2 is 2.10 bits per heavy atom. The second kappa shape index (κ2) is 8.94. The van der Waals surface area contributed by atoms with Crippen LogP contribution >= 0.6 is 0 Å². The van der Waals surface area contributed by atoms with Crippen LogP contribution in [0.1, 0.15) is 32.7 Å². The van der Waals surface area contributed by atoms with Gasteiger partial charge in [-0.2, -0.15) is 0 Å². The minimum atomic E-state index is -0.478. The largest absolute Gasteiger partial charge is 0.405 e. The molecule has 3 fully saturated rings. The molecule has 7 heteroatoms. The van der Waals surface area contributed by atoms with E-state index in [0.717, 1.165) is 29.4 Å². The number of nitrogens with zero attached hydrogens (tertiary/aromatic N) is 3. The van der Waals surface area contributed by atoms with Crippen LogP contribution in [-0.4, -0.2) is 29.1 Å². The fourth-order valence-corrected chi connectivity index (χ4v) is 4.32. The molecule has 0 radical (unpaired) electrons. The normalized spacial score (nSPS) is 22.6. The van der Waals surface area contributed by atoms with E-state index in [4.69, 9.17) is 5.73 Å². The van der Waals surface area contributed by atoms with Crippen molar-refractivity contribution in [3.63, 3.8) is 0 Å². The number of aryl methyl sites for hydroxylation is 1. The first kappa shape index (κ1) is 20.6. The van der Waals surface area contributed by atoms with Crippen LogP contribution in [0.4, 0.5) is 10.1 Å². The van der Waals surface area contributed by atoms with Crippen molar-refractivity contribution < 1.29 is 10.6 Å².